The monoisotopic (exact) mass is 256 g/mol. The van der Waals surface area contributed by atoms with Crippen molar-refractivity contribution in [3.8, 4) is 0 Å². The van der Waals surface area contributed by atoms with Gasteiger partial charge < -0.3 is 0 Å². The minimum Gasteiger partial charge on any atom is -0.0628 e. The molecule has 3 atom stereocenters. The van der Waals surface area contributed by atoms with Crippen LogP contribution in [0.3, 0.4) is 0 Å². The molecule has 2 aliphatic carbocycles. The Hall–Kier alpha value is -0.780. The zero-order valence-electron chi connectivity index (χ0n) is 12.6. The van der Waals surface area contributed by atoms with Crippen LogP contribution in [0.1, 0.15) is 69.4 Å². The summed E-state index contributed by atoms with van der Waals surface area (Å²) in [5.74, 6) is 3.75. The third-order valence-corrected chi connectivity index (χ3v) is 5.53. The highest BCUT2D eigenvalue weighted by atomic mass is 14.4. The lowest BCUT2D eigenvalue weighted by molar-refractivity contribution is 0.164. The molecule has 0 bridgehead atoms. The maximum atomic E-state index is 2.41. The van der Waals surface area contributed by atoms with Gasteiger partial charge >= 0.3 is 0 Å². The molecule has 0 spiro atoms. The van der Waals surface area contributed by atoms with E-state index in [2.05, 4.69) is 38.1 Å². The number of rotatable bonds is 3. The first-order chi connectivity index (χ1) is 9.25. The van der Waals surface area contributed by atoms with Crippen molar-refractivity contribution in [2.75, 3.05) is 0 Å². The second-order valence-electron chi connectivity index (χ2n) is 7.17. The fourth-order valence-electron chi connectivity index (χ4n) is 4.53. The Balaban J connectivity index is 1.77. The highest BCUT2D eigenvalue weighted by Crippen LogP contribution is 2.49. The molecule has 0 amide bonds. The van der Waals surface area contributed by atoms with Gasteiger partial charge in [-0.1, -0.05) is 57.4 Å². The van der Waals surface area contributed by atoms with Crippen LogP contribution in [0.4, 0.5) is 0 Å². The van der Waals surface area contributed by atoms with E-state index >= 15 is 0 Å². The average Bonchev–Trinajstić information content (AvgIpc) is 2.44. The molecule has 1 aromatic carbocycles. The fourth-order valence-corrected chi connectivity index (χ4v) is 4.53. The molecule has 19 heavy (non-hydrogen) atoms. The van der Waals surface area contributed by atoms with Gasteiger partial charge in [-0.25, -0.2) is 0 Å². The molecule has 0 aromatic heterocycles. The van der Waals surface area contributed by atoms with Gasteiger partial charge in [0.1, 0.15) is 0 Å². The van der Waals surface area contributed by atoms with Crippen LogP contribution >= 0.6 is 0 Å². The maximum absolute atomic E-state index is 2.41. The molecule has 1 fully saturated rings. The van der Waals surface area contributed by atoms with Crippen molar-refractivity contribution in [2.45, 2.75) is 64.7 Å². The summed E-state index contributed by atoms with van der Waals surface area (Å²) >= 11 is 0. The van der Waals surface area contributed by atoms with Gasteiger partial charge in [0.2, 0.25) is 0 Å². The summed E-state index contributed by atoms with van der Waals surface area (Å²) in [6.45, 7) is 4.74. The summed E-state index contributed by atoms with van der Waals surface area (Å²) in [5, 5.41) is 0. The molecule has 0 saturated heterocycles. The third-order valence-electron chi connectivity index (χ3n) is 5.53. The lowest BCUT2D eigenvalue weighted by Crippen LogP contribution is -2.31. The van der Waals surface area contributed by atoms with Crippen LogP contribution in [0.2, 0.25) is 0 Å². The van der Waals surface area contributed by atoms with Gasteiger partial charge in [0, 0.05) is 0 Å². The molecule has 0 heteroatoms. The van der Waals surface area contributed by atoms with Crippen molar-refractivity contribution < 1.29 is 0 Å². The van der Waals surface area contributed by atoms with E-state index in [9.17, 15) is 0 Å². The summed E-state index contributed by atoms with van der Waals surface area (Å²) in [6.07, 6.45) is 10.1. The SMILES string of the molecule is CC(C)CCC1CCCC2c3ccccc3CCC12. The van der Waals surface area contributed by atoms with Crippen molar-refractivity contribution >= 4 is 0 Å². The van der Waals surface area contributed by atoms with Crippen LogP contribution in [0.5, 0.6) is 0 Å². The van der Waals surface area contributed by atoms with Gasteiger partial charge in [-0.15, -0.1) is 0 Å². The largest absolute Gasteiger partial charge is 0.0628 e. The Kier molecular flexibility index (Phi) is 3.96. The lowest BCUT2D eigenvalue weighted by atomic mass is 9.62. The summed E-state index contributed by atoms with van der Waals surface area (Å²) < 4.78 is 0. The van der Waals surface area contributed by atoms with Crippen LogP contribution in [-0.4, -0.2) is 0 Å². The van der Waals surface area contributed by atoms with E-state index in [0.717, 1.165) is 23.7 Å². The second-order valence-corrected chi connectivity index (χ2v) is 7.17. The predicted molar refractivity (Wildman–Crippen MR) is 82.4 cm³/mol. The molecular weight excluding hydrogens is 228 g/mol. The molecule has 0 radical (unpaired) electrons. The van der Waals surface area contributed by atoms with Crippen molar-refractivity contribution in [3.63, 3.8) is 0 Å². The number of hydrogen-bond acceptors (Lipinski definition) is 0. The molecule has 1 aromatic rings. The fraction of sp³-hybridized carbons (Fsp3) is 0.684. The highest BCUT2D eigenvalue weighted by molar-refractivity contribution is 5.34. The molecule has 104 valence electrons. The van der Waals surface area contributed by atoms with Crippen LogP contribution in [-0.2, 0) is 6.42 Å². The molecule has 0 heterocycles. The smallest absolute Gasteiger partial charge is 0.0128 e. The van der Waals surface area contributed by atoms with E-state index in [4.69, 9.17) is 0 Å². The number of aryl methyl sites for hydroxylation is 1. The van der Waals surface area contributed by atoms with E-state index < -0.39 is 0 Å². The normalized spacial score (nSPS) is 29.9. The predicted octanol–water partition coefficient (Wildman–Crippen LogP) is 5.57. The van der Waals surface area contributed by atoms with Gasteiger partial charge in [-0.3, -0.25) is 0 Å². The molecule has 3 rings (SSSR count). The molecule has 1 saturated carbocycles. The number of fused-ring (bicyclic) bond motifs is 3. The Labute approximate surface area is 118 Å². The van der Waals surface area contributed by atoms with Crippen molar-refractivity contribution in [1.82, 2.24) is 0 Å². The van der Waals surface area contributed by atoms with Crippen molar-refractivity contribution in [1.29, 1.82) is 0 Å². The zero-order valence-corrected chi connectivity index (χ0v) is 12.6. The Morgan fingerprint density at radius 1 is 1.11 bits per heavy atom. The third kappa shape index (κ3) is 2.73. The standard InChI is InChI=1S/C19H28/c1-14(2)10-11-16-7-5-9-19-17-8-4-3-6-15(17)12-13-18(16)19/h3-4,6,8,14,16,18-19H,5,7,9-13H2,1-2H3. The summed E-state index contributed by atoms with van der Waals surface area (Å²) in [7, 11) is 0. The maximum Gasteiger partial charge on any atom is -0.0128 e. The van der Waals surface area contributed by atoms with Crippen molar-refractivity contribution in [3.05, 3.63) is 35.4 Å². The van der Waals surface area contributed by atoms with Crippen LogP contribution < -0.4 is 0 Å². The molecule has 0 N–H and O–H groups in total. The Morgan fingerprint density at radius 2 is 1.95 bits per heavy atom. The summed E-state index contributed by atoms with van der Waals surface area (Å²) in [4.78, 5) is 0. The highest BCUT2D eigenvalue weighted by Gasteiger charge is 2.36. The molecule has 0 aliphatic heterocycles. The first-order valence-electron chi connectivity index (χ1n) is 8.33. The Morgan fingerprint density at radius 3 is 2.79 bits per heavy atom. The van der Waals surface area contributed by atoms with Crippen molar-refractivity contribution in [2.24, 2.45) is 17.8 Å². The van der Waals surface area contributed by atoms with Gasteiger partial charge in [-0.05, 0) is 60.5 Å². The van der Waals surface area contributed by atoms with Crippen LogP contribution in [0.15, 0.2) is 24.3 Å². The van der Waals surface area contributed by atoms with Gasteiger partial charge in [0.25, 0.3) is 0 Å². The Bertz CT molecular complexity index is 418. The van der Waals surface area contributed by atoms with Gasteiger partial charge in [0.05, 0.1) is 0 Å². The summed E-state index contributed by atoms with van der Waals surface area (Å²) in [6, 6.07) is 9.25. The quantitative estimate of drug-likeness (QED) is 0.663. The average molecular weight is 256 g/mol. The zero-order chi connectivity index (χ0) is 13.2. The lowest BCUT2D eigenvalue weighted by Gasteiger charge is -2.43. The first kappa shape index (κ1) is 13.2. The summed E-state index contributed by atoms with van der Waals surface area (Å²) in [5.41, 5.74) is 3.35. The van der Waals surface area contributed by atoms with E-state index in [1.54, 1.807) is 11.1 Å². The number of hydrogen-bond donors (Lipinski definition) is 0. The second kappa shape index (κ2) is 5.69. The van der Waals surface area contributed by atoms with E-state index in [1.807, 2.05) is 0 Å². The van der Waals surface area contributed by atoms with Crippen LogP contribution in [0, 0.1) is 17.8 Å². The van der Waals surface area contributed by atoms with Gasteiger partial charge in [-0.2, -0.15) is 0 Å². The molecule has 3 unspecified atom stereocenters. The number of benzene rings is 1. The van der Waals surface area contributed by atoms with Gasteiger partial charge in [0.15, 0.2) is 0 Å². The van der Waals surface area contributed by atoms with Crippen LogP contribution in [0.25, 0.3) is 0 Å². The molecule has 2 aliphatic rings. The first-order valence-corrected chi connectivity index (χ1v) is 8.33. The molecule has 0 nitrogen and oxygen atoms in total. The minimum atomic E-state index is 0.872. The van der Waals surface area contributed by atoms with E-state index in [1.165, 1.54) is 44.9 Å². The van der Waals surface area contributed by atoms with E-state index in [0.29, 0.717) is 0 Å². The molecular formula is C19H28. The van der Waals surface area contributed by atoms with E-state index in [-0.39, 0.29) is 0 Å². The topological polar surface area (TPSA) is 0 Å². The minimum absolute atomic E-state index is 0.872.